The molecule has 1 heterocycles. The summed E-state index contributed by atoms with van der Waals surface area (Å²) in [5, 5.41) is 3.11. The molecule has 1 aromatic rings. The van der Waals surface area contributed by atoms with Crippen LogP contribution < -0.4 is 10.1 Å². The number of allylic oxidation sites excluding steroid dienone is 1. The summed E-state index contributed by atoms with van der Waals surface area (Å²) in [6, 6.07) is 7.27. The second-order valence-corrected chi connectivity index (χ2v) is 7.74. The van der Waals surface area contributed by atoms with Crippen LogP contribution in [0.15, 0.2) is 36.0 Å². The van der Waals surface area contributed by atoms with Crippen molar-refractivity contribution in [2.45, 2.75) is 38.5 Å². The van der Waals surface area contributed by atoms with E-state index in [0.29, 0.717) is 30.2 Å². The lowest BCUT2D eigenvalue weighted by molar-refractivity contribution is -0.133. The maximum absolute atomic E-state index is 12.7. The number of piperidine rings is 1. The first kappa shape index (κ1) is 17.1. The first-order valence-corrected chi connectivity index (χ1v) is 9.55. The molecule has 1 saturated heterocycles. The van der Waals surface area contributed by atoms with Gasteiger partial charge in [-0.2, -0.15) is 0 Å². The van der Waals surface area contributed by atoms with Gasteiger partial charge in [0.1, 0.15) is 5.75 Å². The number of likely N-dealkylation sites (tertiary alicyclic amines) is 1. The number of carbonyl (C=O) groups is 2. The van der Waals surface area contributed by atoms with Gasteiger partial charge in [-0.05, 0) is 50.2 Å². The van der Waals surface area contributed by atoms with Gasteiger partial charge in [-0.15, -0.1) is 0 Å². The summed E-state index contributed by atoms with van der Waals surface area (Å²) in [7, 11) is 1.57. The molecule has 1 atom stereocenters. The van der Waals surface area contributed by atoms with E-state index in [2.05, 4.69) is 11.4 Å². The number of benzene rings is 1. The number of rotatable bonds is 6. The molecule has 0 bridgehead atoms. The van der Waals surface area contributed by atoms with Crippen molar-refractivity contribution in [2.75, 3.05) is 20.2 Å². The van der Waals surface area contributed by atoms with Gasteiger partial charge in [0.15, 0.2) is 0 Å². The van der Waals surface area contributed by atoms with Crippen molar-refractivity contribution in [2.24, 2.45) is 11.3 Å². The molecule has 2 amide bonds. The number of amides is 2. The minimum Gasteiger partial charge on any atom is -0.496 e. The third-order valence-corrected chi connectivity index (χ3v) is 5.99. The molecule has 1 aromatic carbocycles. The van der Waals surface area contributed by atoms with Gasteiger partial charge in [-0.25, -0.2) is 0 Å². The van der Waals surface area contributed by atoms with Crippen LogP contribution in [0.2, 0.25) is 0 Å². The zero-order chi connectivity index (χ0) is 18.1. The molecule has 0 aromatic heterocycles. The molecule has 1 aliphatic heterocycles. The predicted octanol–water partition coefficient (Wildman–Crippen LogP) is 3.12. The summed E-state index contributed by atoms with van der Waals surface area (Å²) in [6.07, 6.45) is 8.06. The van der Waals surface area contributed by atoms with E-state index in [1.807, 2.05) is 17.0 Å². The fourth-order valence-electron chi connectivity index (χ4n) is 4.30. The topological polar surface area (TPSA) is 58.6 Å². The lowest BCUT2D eigenvalue weighted by Crippen LogP contribution is -2.48. The van der Waals surface area contributed by atoms with Crippen LogP contribution in [0.4, 0.5) is 0 Å². The predicted molar refractivity (Wildman–Crippen MR) is 98.7 cm³/mol. The number of hydrogen-bond acceptors (Lipinski definition) is 3. The Morgan fingerprint density at radius 2 is 2.12 bits per heavy atom. The Labute approximate surface area is 154 Å². The summed E-state index contributed by atoms with van der Waals surface area (Å²) in [4.78, 5) is 27.2. The van der Waals surface area contributed by atoms with Gasteiger partial charge in [0.2, 0.25) is 5.91 Å². The Kier molecular flexibility index (Phi) is 4.47. The highest BCUT2D eigenvalue weighted by atomic mass is 16.5. The number of methoxy groups -OCH3 is 1. The third-order valence-electron chi connectivity index (χ3n) is 5.99. The molecule has 5 nitrogen and oxygen atoms in total. The number of nitrogens with zero attached hydrogens (tertiary/aromatic N) is 1. The van der Waals surface area contributed by atoms with E-state index in [1.165, 1.54) is 12.8 Å². The molecule has 26 heavy (non-hydrogen) atoms. The second-order valence-electron chi connectivity index (χ2n) is 7.74. The van der Waals surface area contributed by atoms with Gasteiger partial charge in [-0.1, -0.05) is 18.2 Å². The summed E-state index contributed by atoms with van der Waals surface area (Å²) in [6.45, 7) is 1.43. The van der Waals surface area contributed by atoms with Crippen molar-refractivity contribution in [1.82, 2.24) is 10.2 Å². The van der Waals surface area contributed by atoms with Gasteiger partial charge in [0, 0.05) is 30.6 Å². The summed E-state index contributed by atoms with van der Waals surface area (Å²) in [5.41, 5.74) is 1.61. The Balaban J connectivity index is 1.49. The van der Waals surface area contributed by atoms with E-state index in [4.69, 9.17) is 4.74 Å². The molecule has 5 heteroatoms. The molecule has 1 N–H and O–H groups in total. The lowest BCUT2D eigenvalue weighted by Gasteiger charge is -2.42. The van der Waals surface area contributed by atoms with Crippen molar-refractivity contribution >= 4 is 11.8 Å². The van der Waals surface area contributed by atoms with Crippen molar-refractivity contribution in [3.05, 3.63) is 41.6 Å². The molecule has 2 fully saturated rings. The minimum absolute atomic E-state index is 0.0968. The van der Waals surface area contributed by atoms with Gasteiger partial charge in [0.05, 0.1) is 12.7 Å². The van der Waals surface area contributed by atoms with E-state index >= 15 is 0 Å². The van der Waals surface area contributed by atoms with Crippen LogP contribution in [-0.4, -0.2) is 36.9 Å². The van der Waals surface area contributed by atoms with E-state index in [0.717, 1.165) is 31.5 Å². The Hall–Kier alpha value is -2.30. The molecule has 138 valence electrons. The maximum Gasteiger partial charge on any atom is 0.255 e. The second kappa shape index (κ2) is 6.78. The molecule has 1 saturated carbocycles. The Morgan fingerprint density at radius 1 is 1.31 bits per heavy atom. The molecular weight excluding hydrogens is 328 g/mol. The number of hydrogen-bond donors (Lipinski definition) is 1. The highest BCUT2D eigenvalue weighted by Crippen LogP contribution is 2.48. The SMILES string of the molecule is COc1ccccc1C(=O)NCC12CCC=C1N(CC1CC1)C(=O)CC2. The van der Waals surface area contributed by atoms with Crippen LogP contribution >= 0.6 is 0 Å². The number of carbonyl (C=O) groups excluding carboxylic acids is 2. The largest absolute Gasteiger partial charge is 0.496 e. The van der Waals surface area contributed by atoms with E-state index in [-0.39, 0.29) is 17.2 Å². The van der Waals surface area contributed by atoms with Gasteiger partial charge in [0.25, 0.3) is 5.91 Å². The number of para-hydroxylation sites is 1. The first-order chi connectivity index (χ1) is 12.6. The third kappa shape index (κ3) is 3.11. The smallest absolute Gasteiger partial charge is 0.255 e. The Morgan fingerprint density at radius 3 is 2.88 bits per heavy atom. The maximum atomic E-state index is 12.7. The average Bonchev–Trinajstić information content (AvgIpc) is 3.39. The quantitative estimate of drug-likeness (QED) is 0.854. The van der Waals surface area contributed by atoms with Crippen LogP contribution in [0.1, 0.15) is 48.9 Å². The monoisotopic (exact) mass is 354 g/mol. The zero-order valence-electron chi connectivity index (χ0n) is 15.3. The normalized spacial score (nSPS) is 24.9. The lowest BCUT2D eigenvalue weighted by atomic mass is 9.76. The zero-order valence-corrected chi connectivity index (χ0v) is 15.3. The molecule has 4 rings (SSSR count). The van der Waals surface area contributed by atoms with Gasteiger partial charge < -0.3 is 15.0 Å². The van der Waals surface area contributed by atoms with Crippen LogP contribution in [0, 0.1) is 11.3 Å². The number of ether oxygens (including phenoxy) is 1. The summed E-state index contributed by atoms with van der Waals surface area (Å²) in [5.74, 6) is 1.38. The summed E-state index contributed by atoms with van der Waals surface area (Å²) >= 11 is 0. The van der Waals surface area contributed by atoms with Crippen LogP contribution in [-0.2, 0) is 4.79 Å². The van der Waals surface area contributed by atoms with Gasteiger partial charge >= 0.3 is 0 Å². The van der Waals surface area contributed by atoms with E-state index in [9.17, 15) is 9.59 Å². The van der Waals surface area contributed by atoms with E-state index in [1.54, 1.807) is 19.2 Å². The Bertz CT molecular complexity index is 753. The molecule has 0 radical (unpaired) electrons. The number of nitrogens with one attached hydrogen (secondary N) is 1. The fourth-order valence-corrected chi connectivity index (χ4v) is 4.30. The molecule has 2 aliphatic carbocycles. The van der Waals surface area contributed by atoms with Crippen LogP contribution in [0.5, 0.6) is 5.75 Å². The highest BCUT2D eigenvalue weighted by molar-refractivity contribution is 5.97. The standard InChI is InChI=1S/C21H26N2O3/c1-26-17-6-3-2-5-16(17)20(25)22-14-21-11-4-7-18(21)23(13-15-8-9-15)19(24)10-12-21/h2-3,5-7,15H,4,8-14H2,1H3,(H,22,25). The number of fused-ring (bicyclic) bond motifs is 1. The minimum atomic E-state index is -0.117. The highest BCUT2D eigenvalue weighted by Gasteiger charge is 2.46. The molecular formula is C21H26N2O3. The molecule has 0 spiro atoms. The van der Waals surface area contributed by atoms with Crippen LogP contribution in [0.25, 0.3) is 0 Å². The molecule has 1 unspecified atom stereocenters. The van der Waals surface area contributed by atoms with E-state index < -0.39 is 0 Å². The van der Waals surface area contributed by atoms with Crippen LogP contribution in [0.3, 0.4) is 0 Å². The van der Waals surface area contributed by atoms with Crippen molar-refractivity contribution in [1.29, 1.82) is 0 Å². The summed E-state index contributed by atoms with van der Waals surface area (Å²) < 4.78 is 5.30. The fraction of sp³-hybridized carbons (Fsp3) is 0.524. The molecule has 3 aliphatic rings. The van der Waals surface area contributed by atoms with Crippen molar-refractivity contribution < 1.29 is 14.3 Å². The average molecular weight is 354 g/mol. The van der Waals surface area contributed by atoms with Gasteiger partial charge in [-0.3, -0.25) is 9.59 Å². The van der Waals surface area contributed by atoms with Crippen molar-refractivity contribution in [3.8, 4) is 5.75 Å². The van der Waals surface area contributed by atoms with Crippen molar-refractivity contribution in [3.63, 3.8) is 0 Å². The first-order valence-electron chi connectivity index (χ1n) is 9.55.